The molecule has 0 radical (unpaired) electrons. The van der Waals surface area contributed by atoms with Gasteiger partial charge < -0.3 is 20.3 Å². The molecule has 0 atom stereocenters. The van der Waals surface area contributed by atoms with Gasteiger partial charge in [0.2, 0.25) is 0 Å². The minimum atomic E-state index is 0. The molecule has 2 N–H and O–H groups in total. The lowest BCUT2D eigenvalue weighted by molar-refractivity contribution is 0.0277. The van der Waals surface area contributed by atoms with Crippen molar-refractivity contribution in [2.45, 2.75) is 65.0 Å². The van der Waals surface area contributed by atoms with Crippen LogP contribution < -0.4 is 10.6 Å². The summed E-state index contributed by atoms with van der Waals surface area (Å²) in [5.41, 5.74) is 1.85. The number of aliphatic imine (C=N–C) groups is 1. The van der Waals surface area contributed by atoms with Crippen LogP contribution in [0.25, 0.3) is 0 Å². The fraction of sp³-hybridized carbons (Fsp3) is 0.652. The minimum absolute atomic E-state index is 0. The van der Waals surface area contributed by atoms with E-state index in [9.17, 15) is 4.79 Å². The predicted octanol–water partition coefficient (Wildman–Crippen LogP) is 4.19. The van der Waals surface area contributed by atoms with Crippen molar-refractivity contribution in [3.8, 4) is 0 Å². The van der Waals surface area contributed by atoms with Crippen LogP contribution in [0.4, 0.5) is 0 Å². The molecule has 1 aliphatic rings. The molecule has 0 bridgehead atoms. The number of benzene rings is 1. The molecule has 0 aromatic heterocycles. The highest BCUT2D eigenvalue weighted by atomic mass is 127. The summed E-state index contributed by atoms with van der Waals surface area (Å²) < 4.78 is 5.96. The van der Waals surface area contributed by atoms with Crippen LogP contribution in [0.15, 0.2) is 29.3 Å². The Kier molecular flexibility index (Phi) is 13.7. The number of nitrogens with zero attached hydrogens (tertiary/aromatic N) is 2. The zero-order chi connectivity index (χ0) is 20.9. The van der Waals surface area contributed by atoms with E-state index in [2.05, 4.69) is 15.6 Å². The van der Waals surface area contributed by atoms with Crippen molar-refractivity contribution in [3.63, 3.8) is 0 Å². The van der Waals surface area contributed by atoms with Crippen LogP contribution >= 0.6 is 24.0 Å². The number of nitrogens with one attached hydrogen (secondary N) is 2. The molecule has 30 heavy (non-hydrogen) atoms. The summed E-state index contributed by atoms with van der Waals surface area (Å²) in [6.45, 7) is 7.76. The minimum Gasteiger partial charge on any atom is -0.378 e. The highest BCUT2D eigenvalue weighted by Crippen LogP contribution is 2.20. The number of carbonyl (C=O) groups excluding carboxylic acids is 1. The van der Waals surface area contributed by atoms with Crippen molar-refractivity contribution in [1.29, 1.82) is 0 Å². The highest BCUT2D eigenvalue weighted by molar-refractivity contribution is 14.0. The van der Waals surface area contributed by atoms with Gasteiger partial charge in [-0.15, -0.1) is 24.0 Å². The summed E-state index contributed by atoms with van der Waals surface area (Å²) in [4.78, 5) is 18.5. The molecule has 1 aliphatic carbocycles. The standard InChI is InChI=1S/C23H38N4O2.HI/c1-4-27(5-2)22(28)20-14-12-19(13-15-20)18-26-23(24-3)25-16-9-17-29-21-10-7-6-8-11-21;/h12-15,21H,4-11,16-18H2,1-3H3,(H2,24,25,26);1H. The Morgan fingerprint density at radius 2 is 1.77 bits per heavy atom. The molecule has 1 fully saturated rings. The van der Waals surface area contributed by atoms with Crippen molar-refractivity contribution >= 4 is 35.8 Å². The molecule has 0 spiro atoms. The van der Waals surface area contributed by atoms with Crippen molar-refractivity contribution in [1.82, 2.24) is 15.5 Å². The smallest absolute Gasteiger partial charge is 0.253 e. The van der Waals surface area contributed by atoms with Gasteiger partial charge in [0.05, 0.1) is 6.10 Å². The van der Waals surface area contributed by atoms with E-state index in [1.807, 2.05) is 43.0 Å². The molecule has 1 aromatic rings. The van der Waals surface area contributed by atoms with Crippen molar-refractivity contribution in [3.05, 3.63) is 35.4 Å². The zero-order valence-electron chi connectivity index (χ0n) is 18.8. The first kappa shape index (κ1) is 26.7. The first-order valence-corrected chi connectivity index (χ1v) is 11.1. The lowest BCUT2D eigenvalue weighted by atomic mass is 9.98. The number of hydrogen-bond donors (Lipinski definition) is 2. The quantitative estimate of drug-likeness (QED) is 0.206. The molecular weight excluding hydrogens is 491 g/mol. The normalized spacial score (nSPS) is 14.7. The lowest BCUT2D eigenvalue weighted by Crippen LogP contribution is -2.37. The number of amides is 1. The van der Waals surface area contributed by atoms with Crippen molar-refractivity contribution < 1.29 is 9.53 Å². The second-order valence-electron chi connectivity index (χ2n) is 7.51. The van der Waals surface area contributed by atoms with Gasteiger partial charge in [-0.3, -0.25) is 9.79 Å². The van der Waals surface area contributed by atoms with Crippen LogP contribution in [0, 0.1) is 0 Å². The molecule has 0 aliphatic heterocycles. The number of hydrogen-bond acceptors (Lipinski definition) is 3. The average molecular weight is 530 g/mol. The van der Waals surface area contributed by atoms with Gasteiger partial charge in [0.1, 0.15) is 0 Å². The topological polar surface area (TPSA) is 66.0 Å². The van der Waals surface area contributed by atoms with Gasteiger partial charge in [-0.2, -0.15) is 0 Å². The van der Waals surface area contributed by atoms with E-state index < -0.39 is 0 Å². The molecule has 0 heterocycles. The van der Waals surface area contributed by atoms with Gasteiger partial charge in [-0.25, -0.2) is 0 Å². The molecular formula is C23H39IN4O2. The SMILES string of the molecule is CCN(CC)C(=O)c1ccc(CNC(=NC)NCCCOC2CCCCC2)cc1.I. The number of guanidine groups is 1. The largest absolute Gasteiger partial charge is 0.378 e. The fourth-order valence-corrected chi connectivity index (χ4v) is 3.63. The fourth-order valence-electron chi connectivity index (χ4n) is 3.63. The average Bonchev–Trinajstić information content (AvgIpc) is 2.77. The van der Waals surface area contributed by atoms with E-state index in [1.165, 1.54) is 32.1 Å². The summed E-state index contributed by atoms with van der Waals surface area (Å²) in [5, 5.41) is 6.66. The van der Waals surface area contributed by atoms with Crippen LogP contribution in [0.3, 0.4) is 0 Å². The Labute approximate surface area is 199 Å². The Morgan fingerprint density at radius 1 is 1.10 bits per heavy atom. The van der Waals surface area contributed by atoms with E-state index in [1.54, 1.807) is 7.05 Å². The van der Waals surface area contributed by atoms with Gasteiger partial charge in [0.15, 0.2) is 5.96 Å². The molecule has 0 unspecified atom stereocenters. The molecule has 1 aromatic carbocycles. The van der Waals surface area contributed by atoms with Gasteiger partial charge in [0, 0.05) is 45.4 Å². The summed E-state index contributed by atoms with van der Waals surface area (Å²) in [7, 11) is 1.78. The monoisotopic (exact) mass is 530 g/mol. The Balaban J connectivity index is 0.00000450. The zero-order valence-corrected chi connectivity index (χ0v) is 21.1. The Bertz CT molecular complexity index is 627. The maximum Gasteiger partial charge on any atom is 0.253 e. The molecule has 6 nitrogen and oxygen atoms in total. The Hall–Kier alpha value is -1.35. The molecule has 0 saturated heterocycles. The molecule has 1 amide bonds. The van der Waals surface area contributed by atoms with E-state index in [0.717, 1.165) is 49.7 Å². The van der Waals surface area contributed by atoms with Crippen LogP contribution in [0.1, 0.15) is 68.3 Å². The van der Waals surface area contributed by atoms with Crippen LogP contribution in [-0.2, 0) is 11.3 Å². The van der Waals surface area contributed by atoms with Crippen molar-refractivity contribution in [2.75, 3.05) is 33.3 Å². The van der Waals surface area contributed by atoms with Crippen LogP contribution in [0.5, 0.6) is 0 Å². The predicted molar refractivity (Wildman–Crippen MR) is 135 cm³/mol. The maximum atomic E-state index is 12.4. The summed E-state index contributed by atoms with van der Waals surface area (Å²) in [6, 6.07) is 7.79. The first-order chi connectivity index (χ1) is 14.2. The first-order valence-electron chi connectivity index (χ1n) is 11.1. The van der Waals surface area contributed by atoms with E-state index in [-0.39, 0.29) is 29.9 Å². The number of carbonyl (C=O) groups is 1. The van der Waals surface area contributed by atoms with Gasteiger partial charge in [-0.1, -0.05) is 31.4 Å². The summed E-state index contributed by atoms with van der Waals surface area (Å²) in [5.74, 6) is 0.869. The third-order valence-electron chi connectivity index (χ3n) is 5.45. The number of halogens is 1. The molecule has 2 rings (SSSR count). The molecule has 170 valence electrons. The second-order valence-corrected chi connectivity index (χ2v) is 7.51. The third kappa shape index (κ3) is 9.20. The van der Waals surface area contributed by atoms with Crippen LogP contribution in [0.2, 0.25) is 0 Å². The second kappa shape index (κ2) is 15.5. The van der Waals surface area contributed by atoms with Gasteiger partial charge >= 0.3 is 0 Å². The Morgan fingerprint density at radius 3 is 2.37 bits per heavy atom. The van der Waals surface area contributed by atoms with Gasteiger partial charge in [-0.05, 0) is 50.8 Å². The van der Waals surface area contributed by atoms with Crippen LogP contribution in [-0.4, -0.2) is 56.2 Å². The van der Waals surface area contributed by atoms with E-state index >= 15 is 0 Å². The number of ether oxygens (including phenoxy) is 1. The maximum absolute atomic E-state index is 12.4. The lowest BCUT2D eigenvalue weighted by Gasteiger charge is -2.22. The summed E-state index contributed by atoms with van der Waals surface area (Å²) >= 11 is 0. The number of rotatable bonds is 10. The summed E-state index contributed by atoms with van der Waals surface area (Å²) in [6.07, 6.45) is 7.86. The van der Waals surface area contributed by atoms with E-state index in [4.69, 9.17) is 4.74 Å². The van der Waals surface area contributed by atoms with E-state index in [0.29, 0.717) is 12.6 Å². The molecule has 1 saturated carbocycles. The van der Waals surface area contributed by atoms with Crippen molar-refractivity contribution in [2.24, 2.45) is 4.99 Å². The highest BCUT2D eigenvalue weighted by Gasteiger charge is 2.13. The van der Waals surface area contributed by atoms with Gasteiger partial charge in [0.25, 0.3) is 5.91 Å². The molecule has 7 heteroatoms. The third-order valence-corrected chi connectivity index (χ3v) is 5.45.